The Hall–Kier alpha value is -1.55. The second-order valence-electron chi connectivity index (χ2n) is 3.53. The summed E-state index contributed by atoms with van der Waals surface area (Å²) in [6, 6.07) is 7.12. The second-order valence-corrected chi connectivity index (χ2v) is 3.53. The van der Waals surface area contributed by atoms with Gasteiger partial charge in [-0.25, -0.2) is 0 Å². The van der Waals surface area contributed by atoms with E-state index in [9.17, 15) is 4.79 Å². The van der Waals surface area contributed by atoms with Gasteiger partial charge >= 0.3 is 5.97 Å². The minimum Gasteiger partial charge on any atom is -0.480 e. The molecule has 0 saturated carbocycles. The van der Waals surface area contributed by atoms with Gasteiger partial charge in [0.25, 0.3) is 0 Å². The number of aliphatic carboxylic acids is 1. The molecule has 82 valence electrons. The minimum absolute atomic E-state index is 0.420. The highest BCUT2D eigenvalue weighted by molar-refractivity contribution is 5.73. The molecule has 0 bridgehead atoms. The Kier molecular flexibility index (Phi) is 4.12. The van der Waals surface area contributed by atoms with Crippen LogP contribution in [0, 0.1) is 6.92 Å². The predicted octanol–water partition coefficient (Wildman–Crippen LogP) is 1.21. The summed E-state index contributed by atoms with van der Waals surface area (Å²) in [5.41, 5.74) is 7.53. The molecule has 0 radical (unpaired) electrons. The maximum absolute atomic E-state index is 10.4. The smallest absolute Gasteiger partial charge is 0.320 e. The number of carboxylic acid groups (broad SMARTS) is 1. The lowest BCUT2D eigenvalue weighted by Crippen LogP contribution is -2.32. The molecule has 1 atom stereocenters. The van der Waals surface area contributed by atoms with Crippen LogP contribution in [0.3, 0.4) is 0 Å². The van der Waals surface area contributed by atoms with Crippen molar-refractivity contribution in [1.29, 1.82) is 0 Å². The average molecular weight is 208 g/mol. The fourth-order valence-corrected chi connectivity index (χ4v) is 1.25. The monoisotopic (exact) mass is 208 g/mol. The number of hydrogen-bond donors (Lipinski definition) is 3. The molecule has 0 aliphatic carbocycles. The van der Waals surface area contributed by atoms with Crippen LogP contribution in [-0.2, 0) is 4.79 Å². The molecular weight excluding hydrogens is 192 g/mol. The van der Waals surface area contributed by atoms with Crippen molar-refractivity contribution < 1.29 is 9.90 Å². The highest BCUT2D eigenvalue weighted by Gasteiger charge is 2.09. The Labute approximate surface area is 89.1 Å². The highest BCUT2D eigenvalue weighted by Crippen LogP contribution is 2.09. The van der Waals surface area contributed by atoms with E-state index < -0.39 is 12.0 Å². The summed E-state index contributed by atoms with van der Waals surface area (Å²) in [4.78, 5) is 10.4. The Balaban J connectivity index is 2.35. The van der Waals surface area contributed by atoms with Crippen molar-refractivity contribution in [2.24, 2.45) is 5.73 Å². The molecule has 1 rings (SSSR count). The summed E-state index contributed by atoms with van der Waals surface area (Å²) >= 11 is 0. The Morgan fingerprint density at radius 3 is 2.93 bits per heavy atom. The van der Waals surface area contributed by atoms with E-state index in [-0.39, 0.29) is 0 Å². The Morgan fingerprint density at radius 1 is 1.60 bits per heavy atom. The van der Waals surface area contributed by atoms with E-state index in [1.807, 2.05) is 31.2 Å². The van der Waals surface area contributed by atoms with E-state index in [2.05, 4.69) is 5.32 Å². The lowest BCUT2D eigenvalue weighted by molar-refractivity contribution is -0.138. The number of aryl methyl sites for hydroxylation is 1. The lowest BCUT2D eigenvalue weighted by Gasteiger charge is -2.09. The highest BCUT2D eigenvalue weighted by atomic mass is 16.4. The molecule has 1 unspecified atom stereocenters. The van der Waals surface area contributed by atoms with Gasteiger partial charge in [0.15, 0.2) is 0 Å². The zero-order valence-electron chi connectivity index (χ0n) is 8.73. The normalized spacial score (nSPS) is 12.1. The average Bonchev–Trinajstić information content (AvgIpc) is 2.17. The topological polar surface area (TPSA) is 75.3 Å². The van der Waals surface area contributed by atoms with E-state index in [4.69, 9.17) is 10.8 Å². The van der Waals surface area contributed by atoms with Crippen LogP contribution in [0.2, 0.25) is 0 Å². The molecule has 0 heterocycles. The summed E-state index contributed by atoms with van der Waals surface area (Å²) in [5.74, 6) is -0.957. The van der Waals surface area contributed by atoms with Gasteiger partial charge in [-0.05, 0) is 31.0 Å². The third-order valence-electron chi connectivity index (χ3n) is 2.12. The van der Waals surface area contributed by atoms with Gasteiger partial charge < -0.3 is 16.2 Å². The molecular formula is C11H16N2O2. The van der Waals surface area contributed by atoms with Crippen molar-refractivity contribution in [3.8, 4) is 0 Å². The Morgan fingerprint density at radius 2 is 2.33 bits per heavy atom. The molecule has 0 saturated heterocycles. The van der Waals surface area contributed by atoms with Crippen LogP contribution in [0.25, 0.3) is 0 Å². The number of carboxylic acids is 1. The van der Waals surface area contributed by atoms with E-state index in [0.29, 0.717) is 13.0 Å². The first-order chi connectivity index (χ1) is 7.09. The van der Waals surface area contributed by atoms with Gasteiger partial charge in [0, 0.05) is 12.2 Å². The number of anilines is 1. The summed E-state index contributed by atoms with van der Waals surface area (Å²) in [6.45, 7) is 2.57. The number of benzene rings is 1. The van der Waals surface area contributed by atoms with Gasteiger partial charge in [-0.3, -0.25) is 4.79 Å². The first kappa shape index (κ1) is 11.5. The third kappa shape index (κ3) is 3.99. The van der Waals surface area contributed by atoms with Crippen molar-refractivity contribution >= 4 is 11.7 Å². The largest absolute Gasteiger partial charge is 0.480 e. The van der Waals surface area contributed by atoms with Gasteiger partial charge in [-0.1, -0.05) is 12.1 Å². The van der Waals surface area contributed by atoms with Crippen LogP contribution >= 0.6 is 0 Å². The fraction of sp³-hybridized carbons (Fsp3) is 0.364. The summed E-state index contributed by atoms with van der Waals surface area (Å²) in [5, 5.41) is 11.7. The van der Waals surface area contributed by atoms with E-state index >= 15 is 0 Å². The van der Waals surface area contributed by atoms with Crippen LogP contribution in [0.4, 0.5) is 5.69 Å². The lowest BCUT2D eigenvalue weighted by atomic mass is 10.2. The molecule has 15 heavy (non-hydrogen) atoms. The number of rotatable bonds is 5. The van der Waals surface area contributed by atoms with Crippen molar-refractivity contribution in [2.75, 3.05) is 11.9 Å². The second kappa shape index (κ2) is 5.36. The molecule has 1 aromatic carbocycles. The molecule has 0 amide bonds. The number of nitrogens with two attached hydrogens (primary N) is 1. The maximum Gasteiger partial charge on any atom is 0.320 e. The van der Waals surface area contributed by atoms with E-state index in [0.717, 1.165) is 5.69 Å². The van der Waals surface area contributed by atoms with E-state index in [1.165, 1.54) is 5.56 Å². The number of hydrogen-bond acceptors (Lipinski definition) is 3. The molecule has 1 aromatic rings. The van der Waals surface area contributed by atoms with Crippen LogP contribution in [0.5, 0.6) is 0 Å². The van der Waals surface area contributed by atoms with Gasteiger partial charge in [0.05, 0.1) is 0 Å². The zero-order valence-corrected chi connectivity index (χ0v) is 8.73. The molecule has 4 heteroatoms. The van der Waals surface area contributed by atoms with Gasteiger partial charge in [-0.15, -0.1) is 0 Å². The molecule has 0 aliphatic rings. The molecule has 0 aromatic heterocycles. The maximum atomic E-state index is 10.4. The molecule has 0 aliphatic heterocycles. The van der Waals surface area contributed by atoms with Crippen molar-refractivity contribution in [1.82, 2.24) is 0 Å². The summed E-state index contributed by atoms with van der Waals surface area (Å²) in [6.07, 6.45) is 0.420. The number of carbonyl (C=O) groups is 1. The van der Waals surface area contributed by atoms with Crippen LogP contribution < -0.4 is 11.1 Å². The molecule has 4 N–H and O–H groups in total. The molecule has 0 fully saturated rings. The van der Waals surface area contributed by atoms with Gasteiger partial charge in [0.1, 0.15) is 6.04 Å². The summed E-state index contributed by atoms with van der Waals surface area (Å²) < 4.78 is 0. The first-order valence-electron chi connectivity index (χ1n) is 4.88. The number of nitrogens with one attached hydrogen (secondary N) is 1. The van der Waals surface area contributed by atoms with Crippen LogP contribution in [-0.4, -0.2) is 23.7 Å². The van der Waals surface area contributed by atoms with E-state index in [1.54, 1.807) is 0 Å². The predicted molar refractivity (Wildman–Crippen MR) is 59.9 cm³/mol. The van der Waals surface area contributed by atoms with Gasteiger partial charge in [0.2, 0.25) is 0 Å². The van der Waals surface area contributed by atoms with Crippen molar-refractivity contribution in [2.45, 2.75) is 19.4 Å². The quantitative estimate of drug-likeness (QED) is 0.679. The fourth-order valence-electron chi connectivity index (χ4n) is 1.25. The minimum atomic E-state index is -0.957. The molecule has 4 nitrogen and oxygen atoms in total. The third-order valence-corrected chi connectivity index (χ3v) is 2.12. The zero-order chi connectivity index (χ0) is 11.3. The standard InChI is InChI=1S/C11H16N2O2/c1-8-3-2-4-9(7-8)13-6-5-10(12)11(14)15/h2-4,7,10,13H,5-6,12H2,1H3,(H,14,15). The summed E-state index contributed by atoms with van der Waals surface area (Å²) in [7, 11) is 0. The SMILES string of the molecule is Cc1cccc(NCCC(N)C(=O)O)c1. The molecule has 0 spiro atoms. The van der Waals surface area contributed by atoms with Crippen LogP contribution in [0.15, 0.2) is 24.3 Å². The van der Waals surface area contributed by atoms with Crippen molar-refractivity contribution in [3.63, 3.8) is 0 Å². The first-order valence-corrected chi connectivity index (χ1v) is 4.88. The van der Waals surface area contributed by atoms with Crippen LogP contribution in [0.1, 0.15) is 12.0 Å². The Bertz CT molecular complexity index is 339. The van der Waals surface area contributed by atoms with Crippen molar-refractivity contribution in [3.05, 3.63) is 29.8 Å². The van der Waals surface area contributed by atoms with Gasteiger partial charge in [-0.2, -0.15) is 0 Å².